The van der Waals surface area contributed by atoms with Crippen LogP contribution in [0.3, 0.4) is 0 Å². The van der Waals surface area contributed by atoms with E-state index in [0.717, 1.165) is 32.4 Å². The predicted octanol–water partition coefficient (Wildman–Crippen LogP) is 0.680. The average Bonchev–Trinajstić information content (AvgIpc) is 2.72. The highest BCUT2D eigenvalue weighted by atomic mass is 35.5. The highest BCUT2D eigenvalue weighted by molar-refractivity contribution is 7.89. The fraction of sp³-hybridized carbons (Fsp3) is 0.727. The zero-order chi connectivity index (χ0) is 13.9. The standard InChI is InChI=1S/C11H19ClN4O2S/c12-10-7-14-16(8-10)6-5-15-4-2-1-3-11(15)9-19(13,17)18/h7-8,11H,1-6,9H2,(H2,13,17,18). The fourth-order valence-corrected chi connectivity index (χ4v) is 3.57. The summed E-state index contributed by atoms with van der Waals surface area (Å²) in [5.41, 5.74) is 0. The van der Waals surface area contributed by atoms with E-state index in [4.69, 9.17) is 16.7 Å². The van der Waals surface area contributed by atoms with Gasteiger partial charge in [0.25, 0.3) is 0 Å². The van der Waals surface area contributed by atoms with Crippen molar-refractivity contribution in [2.45, 2.75) is 31.8 Å². The summed E-state index contributed by atoms with van der Waals surface area (Å²) in [6.07, 6.45) is 6.40. The number of hydrogen-bond acceptors (Lipinski definition) is 4. The Morgan fingerprint density at radius 3 is 2.84 bits per heavy atom. The van der Waals surface area contributed by atoms with Gasteiger partial charge in [-0.05, 0) is 19.4 Å². The molecule has 1 fully saturated rings. The molecule has 1 saturated heterocycles. The first-order valence-electron chi connectivity index (χ1n) is 6.36. The smallest absolute Gasteiger partial charge is 0.210 e. The zero-order valence-electron chi connectivity index (χ0n) is 10.7. The minimum atomic E-state index is -3.42. The molecule has 2 rings (SSSR count). The predicted molar refractivity (Wildman–Crippen MR) is 74.4 cm³/mol. The van der Waals surface area contributed by atoms with E-state index in [0.29, 0.717) is 11.6 Å². The number of likely N-dealkylation sites (tertiary alicyclic amines) is 1. The van der Waals surface area contributed by atoms with Gasteiger partial charge in [-0.25, -0.2) is 13.6 Å². The van der Waals surface area contributed by atoms with Crippen LogP contribution < -0.4 is 5.14 Å². The molecule has 0 aliphatic carbocycles. The van der Waals surface area contributed by atoms with E-state index in [9.17, 15) is 8.42 Å². The molecule has 2 N–H and O–H groups in total. The molecule has 0 bridgehead atoms. The first-order valence-corrected chi connectivity index (χ1v) is 8.46. The van der Waals surface area contributed by atoms with E-state index < -0.39 is 10.0 Å². The second-order valence-electron chi connectivity index (χ2n) is 4.94. The fourth-order valence-electron chi connectivity index (χ4n) is 2.50. The maximum atomic E-state index is 11.2. The van der Waals surface area contributed by atoms with Crippen molar-refractivity contribution in [1.29, 1.82) is 0 Å². The topological polar surface area (TPSA) is 81.2 Å². The number of halogens is 1. The van der Waals surface area contributed by atoms with Crippen molar-refractivity contribution in [1.82, 2.24) is 14.7 Å². The van der Waals surface area contributed by atoms with Gasteiger partial charge in [0.1, 0.15) is 0 Å². The lowest BCUT2D eigenvalue weighted by atomic mass is 10.0. The van der Waals surface area contributed by atoms with Crippen LogP contribution in [0.5, 0.6) is 0 Å². The van der Waals surface area contributed by atoms with Crippen LogP contribution in [0.15, 0.2) is 12.4 Å². The highest BCUT2D eigenvalue weighted by Gasteiger charge is 2.25. The molecule has 1 unspecified atom stereocenters. The van der Waals surface area contributed by atoms with Crippen LogP contribution in [0.25, 0.3) is 0 Å². The van der Waals surface area contributed by atoms with Gasteiger partial charge in [-0.2, -0.15) is 5.10 Å². The van der Waals surface area contributed by atoms with Crippen molar-refractivity contribution in [2.75, 3.05) is 18.8 Å². The molecule has 0 amide bonds. The molecular weight excluding hydrogens is 288 g/mol. The lowest BCUT2D eigenvalue weighted by Gasteiger charge is -2.35. The molecule has 19 heavy (non-hydrogen) atoms. The number of rotatable bonds is 5. The molecule has 6 nitrogen and oxygen atoms in total. The van der Waals surface area contributed by atoms with Crippen molar-refractivity contribution in [3.05, 3.63) is 17.4 Å². The molecule has 108 valence electrons. The van der Waals surface area contributed by atoms with Gasteiger partial charge < -0.3 is 0 Å². The number of nitrogens with zero attached hydrogens (tertiary/aromatic N) is 3. The molecule has 8 heteroatoms. The van der Waals surface area contributed by atoms with Crippen molar-refractivity contribution in [2.24, 2.45) is 5.14 Å². The van der Waals surface area contributed by atoms with Crippen LogP contribution in [0.4, 0.5) is 0 Å². The normalized spacial score (nSPS) is 21.7. The van der Waals surface area contributed by atoms with Crippen LogP contribution in [0.2, 0.25) is 5.02 Å². The Hall–Kier alpha value is -0.630. The summed E-state index contributed by atoms with van der Waals surface area (Å²) in [5.74, 6) is 0.0346. The van der Waals surface area contributed by atoms with Crippen LogP contribution in [-0.2, 0) is 16.6 Å². The second-order valence-corrected chi connectivity index (χ2v) is 7.03. The van der Waals surface area contributed by atoms with Gasteiger partial charge in [0.2, 0.25) is 10.0 Å². The van der Waals surface area contributed by atoms with E-state index in [-0.39, 0.29) is 11.8 Å². The zero-order valence-corrected chi connectivity index (χ0v) is 12.3. The van der Waals surface area contributed by atoms with Crippen molar-refractivity contribution in [3.8, 4) is 0 Å². The summed E-state index contributed by atoms with van der Waals surface area (Å²) in [4.78, 5) is 2.18. The number of piperidine rings is 1. The lowest BCUT2D eigenvalue weighted by Crippen LogP contribution is -2.46. The first kappa shape index (κ1) is 14.8. The van der Waals surface area contributed by atoms with Gasteiger partial charge in [0, 0.05) is 18.8 Å². The Kier molecular flexibility index (Phi) is 4.83. The number of hydrogen-bond donors (Lipinski definition) is 1. The van der Waals surface area contributed by atoms with E-state index >= 15 is 0 Å². The van der Waals surface area contributed by atoms with Crippen molar-refractivity contribution < 1.29 is 8.42 Å². The van der Waals surface area contributed by atoms with E-state index in [1.54, 1.807) is 17.1 Å². The van der Waals surface area contributed by atoms with Gasteiger partial charge in [0.05, 0.1) is 23.5 Å². The molecule has 1 aromatic rings. The molecule has 0 saturated carbocycles. The third-order valence-electron chi connectivity index (χ3n) is 3.39. The number of sulfonamides is 1. The summed E-state index contributed by atoms with van der Waals surface area (Å²) < 4.78 is 24.2. The summed E-state index contributed by atoms with van der Waals surface area (Å²) in [6.45, 7) is 2.38. The van der Waals surface area contributed by atoms with Crippen LogP contribution in [-0.4, -0.2) is 48.0 Å². The quantitative estimate of drug-likeness (QED) is 0.867. The minimum Gasteiger partial charge on any atom is -0.297 e. The Bertz CT molecular complexity index is 517. The van der Waals surface area contributed by atoms with E-state index in [1.165, 1.54) is 0 Å². The van der Waals surface area contributed by atoms with Crippen LogP contribution in [0.1, 0.15) is 19.3 Å². The van der Waals surface area contributed by atoms with Gasteiger partial charge in [-0.3, -0.25) is 9.58 Å². The molecule has 2 heterocycles. The maximum absolute atomic E-state index is 11.2. The van der Waals surface area contributed by atoms with Crippen LogP contribution >= 0.6 is 11.6 Å². The molecule has 0 radical (unpaired) electrons. The summed E-state index contributed by atoms with van der Waals surface area (Å²) >= 11 is 5.80. The number of primary sulfonamides is 1. The monoisotopic (exact) mass is 306 g/mol. The third-order valence-corrected chi connectivity index (χ3v) is 4.44. The first-order chi connectivity index (χ1) is 8.94. The summed E-state index contributed by atoms with van der Waals surface area (Å²) in [5, 5.41) is 9.88. The Labute approximate surface area is 118 Å². The third kappa shape index (κ3) is 4.76. The molecule has 1 atom stereocenters. The Morgan fingerprint density at radius 1 is 1.42 bits per heavy atom. The Morgan fingerprint density at radius 2 is 2.21 bits per heavy atom. The van der Waals surface area contributed by atoms with Crippen LogP contribution in [0, 0.1) is 0 Å². The van der Waals surface area contributed by atoms with Gasteiger partial charge in [0.15, 0.2) is 0 Å². The second kappa shape index (κ2) is 6.21. The van der Waals surface area contributed by atoms with Gasteiger partial charge >= 0.3 is 0 Å². The molecule has 0 spiro atoms. The maximum Gasteiger partial charge on any atom is 0.210 e. The summed E-state index contributed by atoms with van der Waals surface area (Å²) in [7, 11) is -3.42. The molecule has 1 aliphatic rings. The SMILES string of the molecule is NS(=O)(=O)CC1CCCCN1CCn1cc(Cl)cn1. The average molecular weight is 307 g/mol. The summed E-state index contributed by atoms with van der Waals surface area (Å²) in [6, 6.07) is 0.0229. The largest absolute Gasteiger partial charge is 0.297 e. The minimum absolute atomic E-state index is 0.0229. The van der Waals surface area contributed by atoms with Gasteiger partial charge in [-0.15, -0.1) is 0 Å². The van der Waals surface area contributed by atoms with Crippen molar-refractivity contribution >= 4 is 21.6 Å². The lowest BCUT2D eigenvalue weighted by molar-refractivity contribution is 0.155. The Balaban J connectivity index is 1.92. The van der Waals surface area contributed by atoms with E-state index in [2.05, 4.69) is 10.00 Å². The number of aromatic nitrogens is 2. The number of nitrogens with two attached hydrogens (primary N) is 1. The molecule has 0 aromatic carbocycles. The highest BCUT2D eigenvalue weighted by Crippen LogP contribution is 2.18. The molecular formula is C11H19ClN4O2S. The van der Waals surface area contributed by atoms with E-state index in [1.807, 2.05) is 0 Å². The van der Waals surface area contributed by atoms with Crippen molar-refractivity contribution in [3.63, 3.8) is 0 Å². The molecule has 1 aliphatic heterocycles. The van der Waals surface area contributed by atoms with Gasteiger partial charge in [-0.1, -0.05) is 18.0 Å². The molecule has 1 aromatic heterocycles.